The molecule has 4 heteroatoms. The average molecular weight is 344 g/mol. The molecule has 5 rings (SSSR count). The zero-order valence-electron chi connectivity index (χ0n) is 14.5. The highest BCUT2D eigenvalue weighted by Crippen LogP contribution is 2.41. The van der Waals surface area contributed by atoms with E-state index in [0.29, 0.717) is 16.8 Å². The molecule has 2 heterocycles. The highest BCUT2D eigenvalue weighted by Gasteiger charge is 2.36. The zero-order valence-corrected chi connectivity index (χ0v) is 14.5. The number of aliphatic imine (C=N–C) groups is 1. The molecule has 0 spiro atoms. The maximum absolute atomic E-state index is 12.7. The van der Waals surface area contributed by atoms with Gasteiger partial charge in [0.1, 0.15) is 0 Å². The summed E-state index contributed by atoms with van der Waals surface area (Å²) in [4.78, 5) is 20.1. The minimum Gasteiger partial charge on any atom is -0.494 e. The van der Waals surface area contributed by atoms with Gasteiger partial charge in [-0.05, 0) is 35.2 Å². The predicted octanol–water partition coefficient (Wildman–Crippen LogP) is 5.06. The molecule has 1 amide bonds. The van der Waals surface area contributed by atoms with Crippen LogP contribution in [0.1, 0.15) is 48.0 Å². The first kappa shape index (κ1) is 15.4. The van der Waals surface area contributed by atoms with Gasteiger partial charge in [0.05, 0.1) is 22.5 Å². The number of amides is 1. The molecule has 2 aromatic carbocycles. The van der Waals surface area contributed by atoms with Gasteiger partial charge in [0, 0.05) is 5.92 Å². The fourth-order valence-corrected chi connectivity index (χ4v) is 4.40. The van der Waals surface area contributed by atoms with E-state index in [1.165, 1.54) is 6.42 Å². The standard InChI is InChI=1S/C22H20N2O2/c25-21-17-18(22(26)23-19(17)14-7-2-1-3-8-14)20(24-21)16-11-10-13-6-4-5-9-15(13)12-16/h4-6,9-12,14,24-25H,1-3,7-8H2. The van der Waals surface area contributed by atoms with Gasteiger partial charge >= 0.3 is 0 Å². The third kappa shape index (κ3) is 2.29. The SMILES string of the molecule is O=C1N=C(C2CCCCC2)c2c(O)[nH]c(-c3ccc4ccccc4c3)c21. The van der Waals surface area contributed by atoms with Crippen LogP contribution in [0.5, 0.6) is 5.88 Å². The molecule has 3 aromatic rings. The lowest BCUT2D eigenvalue weighted by Crippen LogP contribution is -2.17. The Hall–Kier alpha value is -2.88. The number of aromatic amines is 1. The van der Waals surface area contributed by atoms with Crippen LogP contribution in [0, 0.1) is 5.92 Å². The van der Waals surface area contributed by atoms with Crippen LogP contribution in [-0.4, -0.2) is 21.7 Å². The Morgan fingerprint density at radius 3 is 2.54 bits per heavy atom. The monoisotopic (exact) mass is 344 g/mol. The van der Waals surface area contributed by atoms with Crippen molar-refractivity contribution in [1.29, 1.82) is 0 Å². The zero-order chi connectivity index (χ0) is 17.7. The molecule has 1 saturated carbocycles. The van der Waals surface area contributed by atoms with Gasteiger partial charge in [0.25, 0.3) is 5.91 Å². The maximum atomic E-state index is 12.7. The fraction of sp³-hybridized carbons (Fsp3) is 0.273. The number of nitrogens with zero attached hydrogens (tertiary/aromatic N) is 1. The smallest absolute Gasteiger partial charge is 0.280 e. The largest absolute Gasteiger partial charge is 0.494 e. The van der Waals surface area contributed by atoms with Crippen molar-refractivity contribution in [3.63, 3.8) is 0 Å². The Labute approximate surface area is 151 Å². The Morgan fingerprint density at radius 2 is 1.73 bits per heavy atom. The van der Waals surface area contributed by atoms with Crippen molar-refractivity contribution < 1.29 is 9.90 Å². The molecule has 2 aliphatic rings. The van der Waals surface area contributed by atoms with E-state index < -0.39 is 0 Å². The summed E-state index contributed by atoms with van der Waals surface area (Å²) in [6, 6.07) is 14.2. The number of benzene rings is 2. The first-order valence-corrected chi connectivity index (χ1v) is 9.30. The van der Waals surface area contributed by atoms with Gasteiger partial charge in [-0.3, -0.25) is 4.79 Å². The molecule has 1 aromatic heterocycles. The summed E-state index contributed by atoms with van der Waals surface area (Å²) in [5.41, 5.74) is 3.51. The van der Waals surface area contributed by atoms with Crippen molar-refractivity contribution in [1.82, 2.24) is 4.98 Å². The third-order valence-corrected chi connectivity index (χ3v) is 5.70. The molecule has 0 atom stereocenters. The van der Waals surface area contributed by atoms with Gasteiger partial charge in [0.2, 0.25) is 0 Å². The van der Waals surface area contributed by atoms with Gasteiger partial charge < -0.3 is 10.1 Å². The van der Waals surface area contributed by atoms with E-state index in [1.54, 1.807) is 0 Å². The summed E-state index contributed by atoms with van der Waals surface area (Å²) in [6.45, 7) is 0. The van der Waals surface area contributed by atoms with Gasteiger partial charge in [-0.15, -0.1) is 0 Å². The number of H-pyrrole nitrogens is 1. The molecule has 4 nitrogen and oxygen atoms in total. The van der Waals surface area contributed by atoms with Crippen molar-refractivity contribution in [3.8, 4) is 17.1 Å². The van der Waals surface area contributed by atoms with Crippen LogP contribution in [0.25, 0.3) is 22.0 Å². The fourth-order valence-electron chi connectivity index (χ4n) is 4.40. The van der Waals surface area contributed by atoms with E-state index in [9.17, 15) is 9.90 Å². The lowest BCUT2D eigenvalue weighted by atomic mass is 9.83. The van der Waals surface area contributed by atoms with Crippen LogP contribution in [0.15, 0.2) is 47.5 Å². The lowest BCUT2D eigenvalue weighted by Gasteiger charge is -2.21. The molecule has 130 valence electrons. The number of hydrogen-bond donors (Lipinski definition) is 2. The highest BCUT2D eigenvalue weighted by atomic mass is 16.3. The van der Waals surface area contributed by atoms with E-state index in [1.807, 2.05) is 36.4 Å². The van der Waals surface area contributed by atoms with Crippen LogP contribution in [0.3, 0.4) is 0 Å². The molecule has 0 unspecified atom stereocenters. The number of aromatic hydroxyl groups is 1. The van der Waals surface area contributed by atoms with E-state index in [4.69, 9.17) is 0 Å². The minimum atomic E-state index is -0.236. The maximum Gasteiger partial charge on any atom is 0.280 e. The van der Waals surface area contributed by atoms with E-state index in [2.05, 4.69) is 16.0 Å². The lowest BCUT2D eigenvalue weighted by molar-refractivity contribution is 0.101. The molecule has 1 aliphatic carbocycles. The Kier molecular flexibility index (Phi) is 3.45. The Balaban J connectivity index is 1.62. The summed E-state index contributed by atoms with van der Waals surface area (Å²) in [7, 11) is 0. The van der Waals surface area contributed by atoms with Crippen molar-refractivity contribution in [2.75, 3.05) is 0 Å². The summed E-state index contributed by atoms with van der Waals surface area (Å²) < 4.78 is 0. The minimum absolute atomic E-state index is 0.0679. The molecular formula is C22H20N2O2. The van der Waals surface area contributed by atoms with Crippen molar-refractivity contribution in [2.24, 2.45) is 10.9 Å². The number of carbonyl (C=O) groups is 1. The third-order valence-electron chi connectivity index (χ3n) is 5.70. The topological polar surface area (TPSA) is 65.4 Å². The second kappa shape index (κ2) is 5.84. The van der Waals surface area contributed by atoms with Crippen molar-refractivity contribution in [2.45, 2.75) is 32.1 Å². The first-order chi connectivity index (χ1) is 12.7. The van der Waals surface area contributed by atoms with Gasteiger partial charge in [0.15, 0.2) is 5.88 Å². The molecule has 0 bridgehead atoms. The van der Waals surface area contributed by atoms with Crippen LogP contribution in [0.2, 0.25) is 0 Å². The van der Waals surface area contributed by atoms with Gasteiger partial charge in [-0.25, -0.2) is 4.99 Å². The molecule has 0 radical (unpaired) electrons. The number of rotatable bonds is 2. The number of hydrogen-bond acceptors (Lipinski definition) is 2. The molecule has 1 aliphatic heterocycles. The predicted molar refractivity (Wildman–Crippen MR) is 103 cm³/mol. The van der Waals surface area contributed by atoms with E-state index >= 15 is 0 Å². The highest BCUT2D eigenvalue weighted by molar-refractivity contribution is 6.25. The van der Waals surface area contributed by atoms with Crippen molar-refractivity contribution >= 4 is 22.4 Å². The number of nitrogens with one attached hydrogen (secondary N) is 1. The van der Waals surface area contributed by atoms with Crippen LogP contribution >= 0.6 is 0 Å². The Bertz CT molecular complexity index is 1060. The molecule has 2 N–H and O–H groups in total. The number of fused-ring (bicyclic) bond motifs is 2. The quantitative estimate of drug-likeness (QED) is 0.682. The number of aromatic nitrogens is 1. The normalized spacial score (nSPS) is 17.5. The summed E-state index contributed by atoms with van der Waals surface area (Å²) in [6.07, 6.45) is 5.65. The van der Waals surface area contributed by atoms with E-state index in [-0.39, 0.29) is 17.7 Å². The molecule has 26 heavy (non-hydrogen) atoms. The average Bonchev–Trinajstić information content (AvgIpc) is 3.21. The number of carbonyl (C=O) groups excluding carboxylic acids is 1. The molecule has 1 fully saturated rings. The van der Waals surface area contributed by atoms with Crippen LogP contribution in [0.4, 0.5) is 0 Å². The Morgan fingerprint density at radius 1 is 0.962 bits per heavy atom. The van der Waals surface area contributed by atoms with Gasteiger partial charge in [-0.1, -0.05) is 55.7 Å². The summed E-state index contributed by atoms with van der Waals surface area (Å²) >= 11 is 0. The van der Waals surface area contributed by atoms with Crippen LogP contribution in [-0.2, 0) is 0 Å². The molecular weight excluding hydrogens is 324 g/mol. The van der Waals surface area contributed by atoms with E-state index in [0.717, 1.165) is 47.7 Å². The second-order valence-corrected chi connectivity index (χ2v) is 7.30. The van der Waals surface area contributed by atoms with Crippen LogP contribution < -0.4 is 0 Å². The van der Waals surface area contributed by atoms with Gasteiger partial charge in [-0.2, -0.15) is 0 Å². The molecule has 0 saturated heterocycles. The first-order valence-electron chi connectivity index (χ1n) is 9.30. The summed E-state index contributed by atoms with van der Waals surface area (Å²) in [5, 5.41) is 12.8. The summed E-state index contributed by atoms with van der Waals surface area (Å²) in [5.74, 6) is 0.110. The van der Waals surface area contributed by atoms with Crippen molar-refractivity contribution in [3.05, 3.63) is 53.6 Å². The second-order valence-electron chi connectivity index (χ2n) is 7.30.